The van der Waals surface area contributed by atoms with Crippen LogP contribution in [-0.2, 0) is 4.79 Å². The third kappa shape index (κ3) is 4.95. The van der Waals surface area contributed by atoms with E-state index in [2.05, 4.69) is 16.3 Å². The first-order valence-corrected chi connectivity index (χ1v) is 9.49. The Labute approximate surface area is 161 Å². The second-order valence-electron chi connectivity index (χ2n) is 7.38. The van der Waals surface area contributed by atoms with Crippen LogP contribution in [0.2, 0.25) is 0 Å². The Morgan fingerprint density at radius 2 is 1.70 bits per heavy atom. The van der Waals surface area contributed by atoms with Crippen molar-refractivity contribution in [2.75, 3.05) is 42.9 Å². The van der Waals surface area contributed by atoms with Gasteiger partial charge in [-0.05, 0) is 62.2 Å². The molecule has 0 radical (unpaired) electrons. The molecule has 0 saturated carbocycles. The van der Waals surface area contributed by atoms with Crippen molar-refractivity contribution in [3.63, 3.8) is 0 Å². The van der Waals surface area contributed by atoms with Gasteiger partial charge in [0.05, 0.1) is 26.2 Å². The predicted molar refractivity (Wildman–Crippen MR) is 109 cm³/mol. The summed E-state index contributed by atoms with van der Waals surface area (Å²) < 4.78 is 0. The van der Waals surface area contributed by atoms with E-state index in [1.165, 1.54) is 4.90 Å². The standard InChI is InChI=1S/C22H27N3O2/c1-16-4-5-17(2)21(14-16)23-22(27)15-24-10-12-25(13-11-24)20-8-6-19(7-9-20)18(3)26/h4-9,14H,10-13,15H2,1-3H3,(H,23,27)/p+1. The summed E-state index contributed by atoms with van der Waals surface area (Å²) >= 11 is 0. The molecule has 0 aromatic heterocycles. The number of hydrogen-bond acceptors (Lipinski definition) is 3. The number of quaternary nitrogens is 1. The minimum atomic E-state index is 0.0676. The maximum Gasteiger partial charge on any atom is 0.279 e. The van der Waals surface area contributed by atoms with Crippen molar-refractivity contribution in [1.29, 1.82) is 0 Å². The van der Waals surface area contributed by atoms with Gasteiger partial charge in [0.15, 0.2) is 12.3 Å². The molecular weight excluding hydrogens is 338 g/mol. The number of rotatable bonds is 5. The third-order valence-corrected chi connectivity index (χ3v) is 5.19. The minimum absolute atomic E-state index is 0.0676. The van der Waals surface area contributed by atoms with Gasteiger partial charge in [-0.3, -0.25) is 9.59 Å². The van der Waals surface area contributed by atoms with E-state index in [4.69, 9.17) is 0 Å². The van der Waals surface area contributed by atoms with Crippen molar-refractivity contribution < 1.29 is 14.5 Å². The summed E-state index contributed by atoms with van der Waals surface area (Å²) in [6.45, 7) is 9.78. The number of carbonyl (C=O) groups is 2. The Morgan fingerprint density at radius 1 is 1.04 bits per heavy atom. The third-order valence-electron chi connectivity index (χ3n) is 5.19. The number of benzene rings is 2. The van der Waals surface area contributed by atoms with Gasteiger partial charge in [0.25, 0.3) is 5.91 Å². The quantitative estimate of drug-likeness (QED) is 0.794. The molecule has 1 aliphatic rings. The number of nitrogens with zero attached hydrogens (tertiary/aromatic N) is 1. The van der Waals surface area contributed by atoms with Gasteiger partial charge in [0, 0.05) is 16.9 Å². The first-order valence-electron chi connectivity index (χ1n) is 9.49. The van der Waals surface area contributed by atoms with E-state index in [1.54, 1.807) is 6.92 Å². The first kappa shape index (κ1) is 19.1. The second kappa shape index (κ2) is 8.35. The molecule has 0 unspecified atom stereocenters. The van der Waals surface area contributed by atoms with Gasteiger partial charge >= 0.3 is 0 Å². The van der Waals surface area contributed by atoms with Crippen LogP contribution in [0.4, 0.5) is 11.4 Å². The molecular formula is C22H28N3O2+. The van der Waals surface area contributed by atoms with Gasteiger partial charge in [0.1, 0.15) is 0 Å². The SMILES string of the molecule is CC(=O)c1ccc(N2CC[NH+](CC(=O)Nc3cc(C)ccc3C)CC2)cc1. The number of hydrogen-bond donors (Lipinski definition) is 2. The molecule has 5 nitrogen and oxygen atoms in total. The van der Waals surface area contributed by atoms with Crippen molar-refractivity contribution in [3.8, 4) is 0 Å². The zero-order chi connectivity index (χ0) is 19.4. The smallest absolute Gasteiger partial charge is 0.279 e. The Balaban J connectivity index is 1.51. The van der Waals surface area contributed by atoms with E-state index in [0.717, 1.165) is 54.2 Å². The molecule has 27 heavy (non-hydrogen) atoms. The number of carbonyl (C=O) groups excluding carboxylic acids is 2. The number of aryl methyl sites for hydroxylation is 2. The van der Waals surface area contributed by atoms with Crippen LogP contribution < -0.4 is 15.1 Å². The van der Waals surface area contributed by atoms with Gasteiger partial charge in [-0.2, -0.15) is 0 Å². The molecule has 142 valence electrons. The van der Waals surface area contributed by atoms with E-state index in [1.807, 2.05) is 50.2 Å². The molecule has 0 aliphatic carbocycles. The van der Waals surface area contributed by atoms with E-state index in [-0.39, 0.29) is 11.7 Å². The van der Waals surface area contributed by atoms with E-state index >= 15 is 0 Å². The van der Waals surface area contributed by atoms with E-state index < -0.39 is 0 Å². The highest BCUT2D eigenvalue weighted by atomic mass is 16.2. The van der Waals surface area contributed by atoms with Crippen LogP contribution in [-0.4, -0.2) is 44.4 Å². The molecule has 0 spiro atoms. The number of piperazine rings is 1. The van der Waals surface area contributed by atoms with E-state index in [9.17, 15) is 9.59 Å². The van der Waals surface area contributed by atoms with Crippen molar-refractivity contribution in [1.82, 2.24) is 0 Å². The lowest BCUT2D eigenvalue weighted by molar-refractivity contribution is -0.892. The van der Waals surface area contributed by atoms with Gasteiger partial charge in [-0.25, -0.2) is 0 Å². The lowest BCUT2D eigenvalue weighted by Crippen LogP contribution is -3.15. The molecule has 2 N–H and O–H groups in total. The van der Waals surface area contributed by atoms with Crippen molar-refractivity contribution >= 4 is 23.1 Å². The Morgan fingerprint density at radius 3 is 2.33 bits per heavy atom. The molecule has 1 amide bonds. The molecule has 1 heterocycles. The zero-order valence-corrected chi connectivity index (χ0v) is 16.3. The Kier molecular flexibility index (Phi) is 5.91. The molecule has 2 aromatic carbocycles. The fraction of sp³-hybridized carbons (Fsp3) is 0.364. The van der Waals surface area contributed by atoms with Crippen LogP contribution in [0.1, 0.15) is 28.4 Å². The van der Waals surface area contributed by atoms with Gasteiger partial charge in [0.2, 0.25) is 0 Å². The highest BCUT2D eigenvalue weighted by Crippen LogP contribution is 2.17. The van der Waals surface area contributed by atoms with Crippen LogP contribution >= 0.6 is 0 Å². The summed E-state index contributed by atoms with van der Waals surface area (Å²) in [4.78, 5) is 27.4. The fourth-order valence-corrected chi connectivity index (χ4v) is 3.46. The minimum Gasteiger partial charge on any atom is -0.360 e. The summed E-state index contributed by atoms with van der Waals surface area (Å²) in [7, 11) is 0. The molecule has 3 rings (SSSR count). The van der Waals surface area contributed by atoms with Gasteiger partial charge in [-0.1, -0.05) is 12.1 Å². The van der Waals surface area contributed by atoms with Gasteiger partial charge in [-0.15, -0.1) is 0 Å². The summed E-state index contributed by atoms with van der Waals surface area (Å²) in [6.07, 6.45) is 0. The molecule has 5 heteroatoms. The first-order chi connectivity index (χ1) is 12.9. The summed E-state index contributed by atoms with van der Waals surface area (Å²) in [5, 5.41) is 3.05. The predicted octanol–water partition coefficient (Wildman–Crippen LogP) is 1.85. The average Bonchev–Trinajstić information content (AvgIpc) is 2.65. The van der Waals surface area contributed by atoms with Crippen molar-refractivity contribution in [2.24, 2.45) is 0 Å². The lowest BCUT2D eigenvalue weighted by Gasteiger charge is -2.33. The molecule has 1 saturated heterocycles. The molecule has 2 aromatic rings. The number of anilines is 2. The summed E-state index contributed by atoms with van der Waals surface area (Å²) in [5.74, 6) is 0.156. The Hall–Kier alpha value is -2.66. The van der Waals surface area contributed by atoms with Crippen LogP contribution in [0, 0.1) is 13.8 Å². The second-order valence-corrected chi connectivity index (χ2v) is 7.38. The monoisotopic (exact) mass is 366 g/mol. The number of amides is 1. The maximum absolute atomic E-state index is 12.4. The maximum atomic E-state index is 12.4. The largest absolute Gasteiger partial charge is 0.360 e. The highest BCUT2D eigenvalue weighted by Gasteiger charge is 2.22. The lowest BCUT2D eigenvalue weighted by atomic mass is 10.1. The van der Waals surface area contributed by atoms with Crippen LogP contribution in [0.15, 0.2) is 42.5 Å². The van der Waals surface area contributed by atoms with Crippen molar-refractivity contribution in [2.45, 2.75) is 20.8 Å². The highest BCUT2D eigenvalue weighted by molar-refractivity contribution is 5.94. The van der Waals surface area contributed by atoms with E-state index in [0.29, 0.717) is 6.54 Å². The number of ketones is 1. The number of Topliss-reactive ketones (excluding diaryl/α,β-unsaturated/α-hetero) is 1. The fourth-order valence-electron chi connectivity index (χ4n) is 3.46. The average molecular weight is 366 g/mol. The molecule has 0 bridgehead atoms. The molecule has 1 aliphatic heterocycles. The topological polar surface area (TPSA) is 53.9 Å². The zero-order valence-electron chi connectivity index (χ0n) is 16.3. The van der Waals surface area contributed by atoms with Gasteiger partial charge < -0.3 is 15.1 Å². The molecule has 1 fully saturated rings. The van der Waals surface area contributed by atoms with Crippen LogP contribution in [0.3, 0.4) is 0 Å². The normalized spacial score (nSPS) is 14.9. The van der Waals surface area contributed by atoms with Crippen LogP contribution in [0.25, 0.3) is 0 Å². The number of nitrogens with one attached hydrogen (secondary N) is 2. The Bertz CT molecular complexity index is 822. The molecule has 0 atom stereocenters. The van der Waals surface area contributed by atoms with Crippen molar-refractivity contribution in [3.05, 3.63) is 59.2 Å². The summed E-state index contributed by atoms with van der Waals surface area (Å²) in [5.41, 5.74) is 5.02. The van der Waals surface area contributed by atoms with Crippen LogP contribution in [0.5, 0.6) is 0 Å². The summed E-state index contributed by atoms with van der Waals surface area (Å²) in [6, 6.07) is 13.9.